The Morgan fingerprint density at radius 2 is 1.91 bits per heavy atom. The molecule has 3 rings (SSSR count). The van der Waals surface area contributed by atoms with Crippen LogP contribution in [-0.2, 0) is 4.74 Å². The Balaban J connectivity index is 1.80. The van der Waals surface area contributed by atoms with Crippen LogP contribution in [0.4, 0.5) is 4.39 Å². The molecule has 1 aliphatic heterocycles. The van der Waals surface area contributed by atoms with Gasteiger partial charge >= 0.3 is 0 Å². The molecule has 0 bridgehead atoms. The average Bonchev–Trinajstić information content (AvgIpc) is 2.79. The van der Waals surface area contributed by atoms with Gasteiger partial charge in [-0.1, -0.05) is 31.2 Å². The second-order valence-electron chi connectivity index (χ2n) is 8.70. The molecule has 1 aliphatic rings. The zero-order valence-corrected chi connectivity index (χ0v) is 21.5. The first-order valence-electron chi connectivity index (χ1n) is 11.3. The van der Waals surface area contributed by atoms with E-state index < -0.39 is 12.0 Å². The maximum Gasteiger partial charge on any atom is 0.218 e. The first-order valence-corrected chi connectivity index (χ1v) is 12.2. The lowest BCUT2D eigenvalue weighted by Gasteiger charge is -2.31. The zero-order chi connectivity index (χ0) is 24.8. The second-order valence-corrected chi connectivity index (χ2v) is 10.2. The molecule has 2 atom stereocenters. The minimum atomic E-state index is -0.688. The Hall–Kier alpha value is -2.68. The van der Waals surface area contributed by atoms with E-state index in [0.717, 1.165) is 23.5 Å². The highest BCUT2D eigenvalue weighted by Gasteiger charge is 2.26. The molecular weight excluding hydrogens is 449 g/mol. The number of halogens is 1. The molecule has 0 radical (unpaired) electrons. The standard InChI is InChI=1S/C26H34FN5OS/c1-17(15-31(4)5)34-20-13-11-19(12-14-20)23-16-32(6)18(2)24(30-23)26(29-3)33-25(28)21-9-7-8-10-22(21)27/h7-14,17,26,28-29H,15-16H2,1-6H3. The molecule has 2 aromatic rings. The van der Waals surface area contributed by atoms with Gasteiger partial charge in [0.2, 0.25) is 5.90 Å². The van der Waals surface area contributed by atoms with Crippen molar-refractivity contribution in [1.29, 1.82) is 5.41 Å². The number of hydrogen-bond donors (Lipinski definition) is 2. The highest BCUT2D eigenvalue weighted by molar-refractivity contribution is 8.00. The van der Waals surface area contributed by atoms with E-state index in [9.17, 15) is 4.39 Å². The van der Waals surface area contributed by atoms with Crippen LogP contribution < -0.4 is 5.32 Å². The molecular formula is C26H34FN5OS. The summed E-state index contributed by atoms with van der Waals surface area (Å²) < 4.78 is 20.0. The summed E-state index contributed by atoms with van der Waals surface area (Å²) in [4.78, 5) is 10.4. The van der Waals surface area contributed by atoms with Crippen LogP contribution >= 0.6 is 11.8 Å². The van der Waals surface area contributed by atoms with Crippen molar-refractivity contribution in [2.75, 3.05) is 41.3 Å². The predicted octanol–water partition coefficient (Wildman–Crippen LogP) is 4.42. The molecule has 6 nitrogen and oxygen atoms in total. The topological polar surface area (TPSA) is 64.0 Å². The maximum absolute atomic E-state index is 14.1. The van der Waals surface area contributed by atoms with Crippen molar-refractivity contribution in [3.8, 4) is 0 Å². The van der Waals surface area contributed by atoms with Gasteiger partial charge < -0.3 is 14.5 Å². The fourth-order valence-electron chi connectivity index (χ4n) is 3.79. The van der Waals surface area contributed by atoms with Crippen LogP contribution in [0.1, 0.15) is 25.0 Å². The molecule has 0 amide bonds. The molecule has 0 spiro atoms. The van der Waals surface area contributed by atoms with Gasteiger partial charge in [0.1, 0.15) is 11.5 Å². The summed E-state index contributed by atoms with van der Waals surface area (Å²) in [5, 5.41) is 11.9. The summed E-state index contributed by atoms with van der Waals surface area (Å²) in [6.45, 7) is 5.89. The van der Waals surface area contributed by atoms with Crippen molar-refractivity contribution in [1.82, 2.24) is 15.1 Å². The number of nitrogens with zero attached hydrogens (tertiary/aromatic N) is 3. The normalized spacial score (nSPS) is 15.9. The van der Waals surface area contributed by atoms with E-state index in [4.69, 9.17) is 15.1 Å². The number of hydrogen-bond acceptors (Lipinski definition) is 7. The number of nitrogens with one attached hydrogen (secondary N) is 2. The van der Waals surface area contributed by atoms with Crippen molar-refractivity contribution < 1.29 is 9.13 Å². The average molecular weight is 484 g/mol. The van der Waals surface area contributed by atoms with E-state index in [1.807, 2.05) is 25.7 Å². The maximum atomic E-state index is 14.1. The molecule has 0 fully saturated rings. The fourth-order valence-corrected chi connectivity index (χ4v) is 4.92. The van der Waals surface area contributed by atoms with Gasteiger partial charge in [-0.25, -0.2) is 9.38 Å². The molecule has 182 valence electrons. The first-order chi connectivity index (χ1) is 16.2. The molecule has 0 aliphatic carbocycles. The molecule has 0 saturated heterocycles. The van der Waals surface area contributed by atoms with Gasteiger partial charge in [0.05, 0.1) is 17.8 Å². The largest absolute Gasteiger partial charge is 0.452 e. The van der Waals surface area contributed by atoms with Crippen molar-refractivity contribution in [3.63, 3.8) is 0 Å². The van der Waals surface area contributed by atoms with Crippen LogP contribution in [0.2, 0.25) is 0 Å². The van der Waals surface area contributed by atoms with E-state index in [1.165, 1.54) is 17.0 Å². The minimum Gasteiger partial charge on any atom is -0.452 e. The number of allylic oxidation sites excluding steroid dienone is 1. The SMILES string of the molecule is CNC(OC(=N)c1ccccc1F)C1=C(C)N(C)CC(c2ccc(SC(C)CN(C)C)cc2)=N1. The van der Waals surface area contributed by atoms with Crippen LogP contribution in [0.3, 0.4) is 0 Å². The number of likely N-dealkylation sites (N-methyl/N-ethyl adjacent to an activating group) is 2. The van der Waals surface area contributed by atoms with Crippen LogP contribution in [0, 0.1) is 11.2 Å². The lowest BCUT2D eigenvalue weighted by molar-refractivity contribution is 0.187. The van der Waals surface area contributed by atoms with E-state index in [1.54, 1.807) is 19.2 Å². The Labute approximate surface area is 206 Å². The van der Waals surface area contributed by atoms with Crippen molar-refractivity contribution in [2.24, 2.45) is 4.99 Å². The van der Waals surface area contributed by atoms with E-state index in [-0.39, 0.29) is 11.5 Å². The van der Waals surface area contributed by atoms with Gasteiger partial charge in [-0.05, 0) is 57.9 Å². The van der Waals surface area contributed by atoms with E-state index in [2.05, 4.69) is 60.4 Å². The van der Waals surface area contributed by atoms with Gasteiger partial charge in [-0.15, -0.1) is 11.8 Å². The predicted molar refractivity (Wildman–Crippen MR) is 139 cm³/mol. The molecule has 0 aromatic heterocycles. The smallest absolute Gasteiger partial charge is 0.218 e. The summed E-state index contributed by atoms with van der Waals surface area (Å²) in [6.07, 6.45) is -0.688. The molecule has 2 unspecified atom stereocenters. The summed E-state index contributed by atoms with van der Waals surface area (Å²) in [5.41, 5.74) is 3.69. The molecule has 2 aromatic carbocycles. The van der Waals surface area contributed by atoms with E-state index >= 15 is 0 Å². The third-order valence-corrected chi connectivity index (χ3v) is 6.69. The van der Waals surface area contributed by atoms with Crippen molar-refractivity contribution >= 4 is 23.4 Å². The highest BCUT2D eigenvalue weighted by Crippen LogP contribution is 2.26. The number of benzene rings is 2. The van der Waals surface area contributed by atoms with Gasteiger partial charge in [-0.2, -0.15) is 0 Å². The lowest BCUT2D eigenvalue weighted by Crippen LogP contribution is -2.39. The molecule has 0 saturated carbocycles. The van der Waals surface area contributed by atoms with Gasteiger partial charge in [0.15, 0.2) is 6.23 Å². The number of thioether (sulfide) groups is 1. The summed E-state index contributed by atoms with van der Waals surface area (Å²) >= 11 is 1.86. The van der Waals surface area contributed by atoms with E-state index in [0.29, 0.717) is 17.5 Å². The van der Waals surface area contributed by atoms with Crippen molar-refractivity contribution in [3.05, 3.63) is 76.9 Å². The number of rotatable bonds is 9. The molecule has 1 heterocycles. The highest BCUT2D eigenvalue weighted by atomic mass is 32.2. The Kier molecular flexibility index (Phi) is 8.88. The molecule has 8 heteroatoms. The van der Waals surface area contributed by atoms with Gasteiger partial charge in [0.25, 0.3) is 0 Å². The summed E-state index contributed by atoms with van der Waals surface area (Å²) in [6, 6.07) is 14.6. The Morgan fingerprint density at radius 1 is 1.24 bits per heavy atom. The lowest BCUT2D eigenvalue weighted by atomic mass is 10.1. The summed E-state index contributed by atoms with van der Waals surface area (Å²) in [5.74, 6) is -0.730. The molecule has 2 N–H and O–H groups in total. The Bertz CT molecular complexity index is 1070. The van der Waals surface area contributed by atoms with Crippen molar-refractivity contribution in [2.45, 2.75) is 30.2 Å². The van der Waals surface area contributed by atoms with Crippen LogP contribution in [0.15, 0.2) is 69.8 Å². The third kappa shape index (κ3) is 6.46. The third-order valence-electron chi connectivity index (χ3n) is 5.60. The van der Waals surface area contributed by atoms with Gasteiger partial charge in [-0.3, -0.25) is 10.7 Å². The van der Waals surface area contributed by atoms with Gasteiger partial charge in [0, 0.05) is 29.4 Å². The fraction of sp³-hybridized carbons (Fsp3) is 0.385. The minimum absolute atomic E-state index is 0.117. The molecule has 34 heavy (non-hydrogen) atoms. The second kappa shape index (κ2) is 11.6. The monoisotopic (exact) mass is 483 g/mol. The van der Waals surface area contributed by atoms with Crippen LogP contribution in [-0.4, -0.2) is 74.2 Å². The Morgan fingerprint density at radius 3 is 2.53 bits per heavy atom. The zero-order valence-electron chi connectivity index (χ0n) is 20.7. The quantitative estimate of drug-likeness (QED) is 0.239. The first kappa shape index (κ1) is 25.9. The van der Waals surface area contributed by atoms with Crippen LogP contribution in [0.25, 0.3) is 0 Å². The van der Waals surface area contributed by atoms with Crippen LogP contribution in [0.5, 0.6) is 0 Å². The summed E-state index contributed by atoms with van der Waals surface area (Å²) in [7, 11) is 7.92. The number of aliphatic imine (C=N–C) groups is 1. The number of ether oxygens (including phenoxy) is 1.